The molecule has 0 aliphatic heterocycles. The van der Waals surface area contributed by atoms with Crippen LogP contribution < -0.4 is 5.32 Å². The number of carbonyl (C=O) groups excluding carboxylic acids is 2. The van der Waals surface area contributed by atoms with Gasteiger partial charge in [0.1, 0.15) is 6.61 Å². The molecule has 0 saturated carbocycles. The number of hydrogen-bond donors (Lipinski definition) is 2. The maximum absolute atomic E-state index is 11.3. The number of benzene rings is 1. The fourth-order valence-corrected chi connectivity index (χ4v) is 1.06. The van der Waals surface area contributed by atoms with Gasteiger partial charge >= 0.3 is 0 Å². The van der Waals surface area contributed by atoms with Crippen LogP contribution in [0.15, 0.2) is 24.3 Å². The number of nitrogens with one attached hydrogen (secondary N) is 1. The summed E-state index contributed by atoms with van der Waals surface area (Å²) < 4.78 is 0. The molecule has 0 saturated heterocycles. The molecule has 0 spiro atoms. The summed E-state index contributed by atoms with van der Waals surface area (Å²) in [6.45, 7) is 1.33. The van der Waals surface area contributed by atoms with Crippen molar-refractivity contribution in [2.75, 3.05) is 0 Å². The van der Waals surface area contributed by atoms with Crippen molar-refractivity contribution in [1.82, 2.24) is 5.32 Å². The fraction of sp³-hybridized carbons (Fsp3) is 0.200. The highest BCUT2D eigenvalue weighted by atomic mass is 17.1. The second-order valence-corrected chi connectivity index (χ2v) is 2.98. The van der Waals surface area contributed by atoms with Crippen LogP contribution >= 0.6 is 0 Å². The van der Waals surface area contributed by atoms with Gasteiger partial charge in [-0.15, -0.1) is 0 Å². The molecule has 5 nitrogen and oxygen atoms in total. The fourth-order valence-electron chi connectivity index (χ4n) is 1.06. The highest BCUT2D eigenvalue weighted by Gasteiger charge is 2.06. The van der Waals surface area contributed by atoms with Gasteiger partial charge in [0, 0.05) is 12.5 Å². The minimum absolute atomic E-state index is 0.0641. The standard InChI is InChI=1S/C10H11NO4/c1-7(12)11-10(13)9-4-2-8(3-5-9)6-15-14/h2-5,14H,6H2,1H3,(H,11,12,13). The molecule has 80 valence electrons. The summed E-state index contributed by atoms with van der Waals surface area (Å²) in [7, 11) is 0. The first kappa shape index (κ1) is 11.4. The average Bonchev–Trinajstić information content (AvgIpc) is 2.18. The lowest BCUT2D eigenvalue weighted by Gasteiger charge is -2.02. The van der Waals surface area contributed by atoms with Crippen molar-refractivity contribution < 1.29 is 19.7 Å². The van der Waals surface area contributed by atoms with Gasteiger partial charge in [0.05, 0.1) is 0 Å². The molecular formula is C10H11NO4. The molecule has 2 N–H and O–H groups in total. The molecule has 0 atom stereocenters. The van der Waals surface area contributed by atoms with Crippen molar-refractivity contribution in [2.45, 2.75) is 13.5 Å². The average molecular weight is 209 g/mol. The lowest BCUT2D eigenvalue weighted by molar-refractivity contribution is -0.253. The molecule has 1 aromatic rings. The summed E-state index contributed by atoms with van der Waals surface area (Å²) in [5.74, 6) is -0.846. The molecule has 0 heterocycles. The van der Waals surface area contributed by atoms with Crippen molar-refractivity contribution in [1.29, 1.82) is 0 Å². The zero-order valence-electron chi connectivity index (χ0n) is 8.19. The van der Waals surface area contributed by atoms with E-state index in [2.05, 4.69) is 10.2 Å². The third-order valence-electron chi connectivity index (χ3n) is 1.74. The highest BCUT2D eigenvalue weighted by Crippen LogP contribution is 2.05. The zero-order chi connectivity index (χ0) is 11.3. The third-order valence-corrected chi connectivity index (χ3v) is 1.74. The molecule has 0 aliphatic rings. The number of rotatable bonds is 3. The maximum atomic E-state index is 11.3. The Balaban J connectivity index is 2.71. The number of hydrogen-bond acceptors (Lipinski definition) is 4. The molecule has 0 radical (unpaired) electrons. The summed E-state index contributed by atoms with van der Waals surface area (Å²) in [5.41, 5.74) is 1.11. The van der Waals surface area contributed by atoms with Gasteiger partial charge in [0.25, 0.3) is 5.91 Å². The van der Waals surface area contributed by atoms with Crippen LogP contribution in [0, 0.1) is 0 Å². The van der Waals surface area contributed by atoms with E-state index in [1.165, 1.54) is 6.92 Å². The van der Waals surface area contributed by atoms with Crippen molar-refractivity contribution in [3.05, 3.63) is 35.4 Å². The summed E-state index contributed by atoms with van der Waals surface area (Å²) in [6, 6.07) is 6.36. The van der Waals surface area contributed by atoms with Gasteiger partial charge in [-0.05, 0) is 17.7 Å². The van der Waals surface area contributed by atoms with Gasteiger partial charge in [0.15, 0.2) is 0 Å². The van der Waals surface area contributed by atoms with Crippen molar-refractivity contribution in [3.63, 3.8) is 0 Å². The largest absolute Gasteiger partial charge is 0.293 e. The topological polar surface area (TPSA) is 75.6 Å². The first-order valence-corrected chi connectivity index (χ1v) is 4.30. The Kier molecular flexibility index (Phi) is 3.96. The molecule has 1 rings (SSSR count). The predicted molar refractivity (Wildman–Crippen MR) is 52.0 cm³/mol. The molecule has 5 heteroatoms. The molecule has 0 bridgehead atoms. The number of imide groups is 1. The van der Waals surface area contributed by atoms with Crippen molar-refractivity contribution in [3.8, 4) is 0 Å². The normalized spacial score (nSPS) is 9.73. The lowest BCUT2D eigenvalue weighted by atomic mass is 10.1. The lowest BCUT2D eigenvalue weighted by Crippen LogP contribution is -2.27. The second kappa shape index (κ2) is 5.23. The van der Waals surface area contributed by atoms with Crippen LogP contribution in [0.3, 0.4) is 0 Å². The van der Waals surface area contributed by atoms with Crippen LogP contribution in [0.2, 0.25) is 0 Å². The quantitative estimate of drug-likeness (QED) is 0.574. The van der Waals surface area contributed by atoms with E-state index in [1.54, 1.807) is 24.3 Å². The van der Waals surface area contributed by atoms with Gasteiger partial charge in [-0.2, -0.15) is 0 Å². The molecule has 2 amide bonds. The van der Waals surface area contributed by atoms with Crippen LogP contribution in [-0.2, 0) is 16.3 Å². The molecule has 0 unspecified atom stereocenters. The summed E-state index contributed by atoms with van der Waals surface area (Å²) in [4.78, 5) is 25.9. The van der Waals surface area contributed by atoms with Gasteiger partial charge in [-0.25, -0.2) is 4.89 Å². The molecule has 0 aromatic heterocycles. The monoisotopic (exact) mass is 209 g/mol. The van der Waals surface area contributed by atoms with Crippen molar-refractivity contribution in [2.24, 2.45) is 0 Å². The van der Waals surface area contributed by atoms with Gasteiger partial charge < -0.3 is 0 Å². The van der Waals surface area contributed by atoms with Crippen molar-refractivity contribution >= 4 is 11.8 Å². The van der Waals surface area contributed by atoms with Gasteiger partial charge in [-0.3, -0.25) is 20.2 Å². The van der Waals surface area contributed by atoms with E-state index in [4.69, 9.17) is 5.26 Å². The first-order chi connectivity index (χ1) is 7.13. The summed E-state index contributed by atoms with van der Waals surface area (Å²) in [6.07, 6.45) is 0. The van der Waals surface area contributed by atoms with Gasteiger partial charge in [0.2, 0.25) is 5.91 Å². The third kappa shape index (κ3) is 3.49. The zero-order valence-corrected chi connectivity index (χ0v) is 8.19. The van der Waals surface area contributed by atoms with Gasteiger partial charge in [-0.1, -0.05) is 12.1 Å². The maximum Gasteiger partial charge on any atom is 0.257 e. The van der Waals surface area contributed by atoms with E-state index in [0.29, 0.717) is 5.56 Å². The Hall–Kier alpha value is -1.72. The molecule has 15 heavy (non-hydrogen) atoms. The Labute approximate surface area is 86.6 Å². The van der Waals surface area contributed by atoms with Crippen LogP contribution in [-0.4, -0.2) is 17.1 Å². The Morgan fingerprint density at radius 2 is 1.93 bits per heavy atom. The van der Waals surface area contributed by atoms with E-state index in [-0.39, 0.29) is 6.61 Å². The minimum Gasteiger partial charge on any atom is -0.293 e. The van der Waals surface area contributed by atoms with E-state index >= 15 is 0 Å². The molecule has 0 fully saturated rings. The SMILES string of the molecule is CC(=O)NC(=O)c1ccc(COO)cc1. The highest BCUT2D eigenvalue weighted by molar-refractivity contribution is 6.03. The Morgan fingerprint density at radius 3 is 2.40 bits per heavy atom. The predicted octanol–water partition coefficient (Wildman–Crippen LogP) is 0.953. The smallest absolute Gasteiger partial charge is 0.257 e. The van der Waals surface area contributed by atoms with E-state index < -0.39 is 11.8 Å². The van der Waals surface area contributed by atoms with E-state index in [1.807, 2.05) is 0 Å². The van der Waals surface area contributed by atoms with E-state index in [0.717, 1.165) is 5.56 Å². The Morgan fingerprint density at radius 1 is 1.33 bits per heavy atom. The number of amides is 2. The Bertz CT molecular complexity index is 358. The first-order valence-electron chi connectivity index (χ1n) is 4.30. The van der Waals surface area contributed by atoms with Crippen LogP contribution in [0.4, 0.5) is 0 Å². The summed E-state index contributed by atoms with van der Waals surface area (Å²) in [5, 5.41) is 10.3. The molecule has 0 aliphatic carbocycles. The van der Waals surface area contributed by atoms with Crippen LogP contribution in [0.25, 0.3) is 0 Å². The molecular weight excluding hydrogens is 198 g/mol. The van der Waals surface area contributed by atoms with E-state index in [9.17, 15) is 9.59 Å². The molecule has 1 aromatic carbocycles. The van der Waals surface area contributed by atoms with Crippen LogP contribution in [0.1, 0.15) is 22.8 Å². The minimum atomic E-state index is -0.445. The van der Waals surface area contributed by atoms with Crippen LogP contribution in [0.5, 0.6) is 0 Å². The second-order valence-electron chi connectivity index (χ2n) is 2.98. The number of carbonyl (C=O) groups is 2. The summed E-state index contributed by atoms with van der Waals surface area (Å²) >= 11 is 0.